The average molecular weight is 467 g/mol. The highest BCUT2D eigenvalue weighted by Gasteiger charge is 2.30. The Balaban J connectivity index is 1.59. The van der Waals surface area contributed by atoms with Crippen LogP contribution in [0.4, 0.5) is 4.79 Å². The van der Waals surface area contributed by atoms with Crippen molar-refractivity contribution in [2.75, 3.05) is 6.61 Å². The van der Waals surface area contributed by atoms with Gasteiger partial charge >= 0.3 is 12.1 Å². The molecule has 7 heteroatoms. The van der Waals surface area contributed by atoms with Crippen molar-refractivity contribution < 1.29 is 24.2 Å². The maximum Gasteiger partial charge on any atom is 0.407 e. The first-order chi connectivity index (χ1) is 16.2. The predicted molar refractivity (Wildman–Crippen MR) is 130 cm³/mol. The number of ether oxygens (including phenoxy) is 1. The summed E-state index contributed by atoms with van der Waals surface area (Å²) < 4.78 is 5.60. The van der Waals surface area contributed by atoms with E-state index in [2.05, 4.69) is 34.9 Å². The molecule has 0 bridgehead atoms. The van der Waals surface area contributed by atoms with E-state index >= 15 is 0 Å². The zero-order valence-corrected chi connectivity index (χ0v) is 20.2. The van der Waals surface area contributed by atoms with Gasteiger partial charge in [-0.2, -0.15) is 0 Å². The highest BCUT2D eigenvalue weighted by Crippen LogP contribution is 2.44. The van der Waals surface area contributed by atoms with Gasteiger partial charge in [-0.15, -0.1) is 0 Å². The molecule has 2 amide bonds. The molecule has 0 heterocycles. The minimum absolute atomic E-state index is 0.0241. The normalized spacial score (nSPS) is 14.3. The first-order valence-electron chi connectivity index (χ1n) is 11.8. The van der Waals surface area contributed by atoms with Gasteiger partial charge in [-0.25, -0.2) is 9.59 Å². The summed E-state index contributed by atoms with van der Waals surface area (Å²) in [6.45, 7) is 7.77. The number of hydrogen-bond donors (Lipinski definition) is 3. The van der Waals surface area contributed by atoms with Crippen LogP contribution in [0.25, 0.3) is 11.1 Å². The van der Waals surface area contributed by atoms with Crippen LogP contribution in [0.1, 0.15) is 57.6 Å². The molecule has 7 nitrogen and oxygen atoms in total. The van der Waals surface area contributed by atoms with E-state index in [1.54, 1.807) is 0 Å². The fourth-order valence-electron chi connectivity index (χ4n) is 4.39. The predicted octanol–water partition coefficient (Wildman–Crippen LogP) is 4.56. The van der Waals surface area contributed by atoms with Crippen LogP contribution in [0, 0.1) is 11.8 Å². The molecule has 0 spiro atoms. The Morgan fingerprint density at radius 3 is 1.97 bits per heavy atom. The van der Waals surface area contributed by atoms with Gasteiger partial charge in [-0.3, -0.25) is 4.79 Å². The summed E-state index contributed by atoms with van der Waals surface area (Å²) in [7, 11) is 0. The number of carbonyl (C=O) groups excluding carboxylic acids is 2. The molecular formula is C27H34N2O5. The number of carboxylic acids is 1. The number of fused-ring (bicyclic) bond motifs is 3. The molecule has 0 aromatic heterocycles. The van der Waals surface area contributed by atoms with Crippen molar-refractivity contribution >= 4 is 18.0 Å². The third kappa shape index (κ3) is 6.16. The fourth-order valence-corrected chi connectivity index (χ4v) is 4.39. The Hall–Kier alpha value is -3.35. The molecule has 1 aliphatic carbocycles. The van der Waals surface area contributed by atoms with Crippen LogP contribution in [0.15, 0.2) is 48.5 Å². The molecule has 0 unspecified atom stereocenters. The van der Waals surface area contributed by atoms with E-state index in [9.17, 15) is 19.5 Å². The van der Waals surface area contributed by atoms with Gasteiger partial charge < -0.3 is 20.5 Å². The molecule has 3 N–H and O–H groups in total. The van der Waals surface area contributed by atoms with E-state index in [-0.39, 0.29) is 30.8 Å². The molecule has 0 aliphatic heterocycles. The number of benzene rings is 2. The van der Waals surface area contributed by atoms with Crippen LogP contribution in [0.3, 0.4) is 0 Å². The van der Waals surface area contributed by atoms with Crippen LogP contribution >= 0.6 is 0 Å². The zero-order valence-electron chi connectivity index (χ0n) is 20.2. The lowest BCUT2D eigenvalue weighted by Crippen LogP contribution is -2.46. The topological polar surface area (TPSA) is 105 Å². The summed E-state index contributed by atoms with van der Waals surface area (Å²) in [5.41, 5.74) is 4.55. The maximum atomic E-state index is 12.6. The minimum atomic E-state index is -1.06. The summed E-state index contributed by atoms with van der Waals surface area (Å²) in [6.07, 6.45) is -0.276. The summed E-state index contributed by atoms with van der Waals surface area (Å²) >= 11 is 0. The third-order valence-corrected chi connectivity index (χ3v) is 6.20. The highest BCUT2D eigenvalue weighted by atomic mass is 16.5. The molecule has 0 saturated heterocycles. The Bertz CT molecular complexity index is 988. The molecule has 0 radical (unpaired) electrons. The lowest BCUT2D eigenvalue weighted by molar-refractivity contribution is -0.142. The van der Waals surface area contributed by atoms with E-state index in [1.165, 1.54) is 0 Å². The van der Waals surface area contributed by atoms with E-state index in [0.29, 0.717) is 6.42 Å². The molecule has 3 rings (SSSR count). The molecule has 1 aliphatic rings. The number of amides is 2. The van der Waals surface area contributed by atoms with Crippen molar-refractivity contribution in [3.63, 3.8) is 0 Å². The highest BCUT2D eigenvalue weighted by molar-refractivity contribution is 5.84. The summed E-state index contributed by atoms with van der Waals surface area (Å²) in [4.78, 5) is 36.6. The Kier molecular flexibility index (Phi) is 8.31. The Labute approximate surface area is 200 Å². The molecule has 34 heavy (non-hydrogen) atoms. The van der Waals surface area contributed by atoms with Crippen LogP contribution in [0.5, 0.6) is 0 Å². The van der Waals surface area contributed by atoms with E-state index in [1.807, 2.05) is 52.0 Å². The molecular weight excluding hydrogens is 432 g/mol. The summed E-state index contributed by atoms with van der Waals surface area (Å²) in [5.74, 6) is -1.44. The smallest absolute Gasteiger partial charge is 0.407 e. The van der Waals surface area contributed by atoms with Gasteiger partial charge in [0.15, 0.2) is 0 Å². The van der Waals surface area contributed by atoms with Gasteiger partial charge in [0, 0.05) is 18.4 Å². The SMILES string of the molecule is CC(C)C[C@@H](NC(=O)C[C@@H](NC(=O)OCC1c2ccccc2-c2ccccc21)C(C)C)C(=O)O. The fraction of sp³-hybridized carbons (Fsp3) is 0.444. The lowest BCUT2D eigenvalue weighted by atomic mass is 9.98. The van der Waals surface area contributed by atoms with Crippen molar-refractivity contribution in [1.29, 1.82) is 0 Å². The number of carboxylic acid groups (broad SMARTS) is 1. The number of hydrogen-bond acceptors (Lipinski definition) is 4. The summed E-state index contributed by atoms with van der Waals surface area (Å²) in [5, 5.41) is 14.7. The number of alkyl carbamates (subject to hydrolysis) is 1. The zero-order chi connectivity index (χ0) is 24.8. The molecule has 0 fully saturated rings. The maximum absolute atomic E-state index is 12.6. The van der Waals surface area contributed by atoms with Crippen LogP contribution in [-0.4, -0.2) is 41.8 Å². The molecule has 2 aromatic carbocycles. The quantitative estimate of drug-likeness (QED) is 0.476. The number of rotatable bonds is 10. The Morgan fingerprint density at radius 1 is 0.912 bits per heavy atom. The standard InChI is InChI=1S/C27H34N2O5/c1-16(2)13-24(26(31)32)28-25(30)14-23(17(3)4)29-27(33)34-15-22-20-11-7-5-9-18(20)19-10-6-8-12-21(19)22/h5-12,16-17,22-24H,13-15H2,1-4H3,(H,28,30)(H,29,33)(H,31,32)/t23-,24-/m1/s1. The first-order valence-corrected chi connectivity index (χ1v) is 11.8. The van der Waals surface area contributed by atoms with Crippen molar-refractivity contribution in [2.24, 2.45) is 11.8 Å². The van der Waals surface area contributed by atoms with E-state index in [4.69, 9.17) is 4.74 Å². The summed E-state index contributed by atoms with van der Waals surface area (Å²) in [6, 6.07) is 14.8. The van der Waals surface area contributed by atoms with Crippen LogP contribution in [0.2, 0.25) is 0 Å². The molecule has 2 atom stereocenters. The van der Waals surface area contributed by atoms with Gasteiger partial charge in [0.25, 0.3) is 0 Å². The largest absolute Gasteiger partial charge is 0.480 e. The first kappa shape index (κ1) is 25.3. The molecule has 182 valence electrons. The Morgan fingerprint density at radius 2 is 1.47 bits per heavy atom. The van der Waals surface area contributed by atoms with Crippen molar-refractivity contribution in [3.8, 4) is 11.1 Å². The van der Waals surface area contributed by atoms with Gasteiger partial charge in [0.1, 0.15) is 12.6 Å². The second kappa shape index (κ2) is 11.2. The molecule has 0 saturated carbocycles. The van der Waals surface area contributed by atoms with Gasteiger partial charge in [0.2, 0.25) is 5.91 Å². The van der Waals surface area contributed by atoms with E-state index in [0.717, 1.165) is 22.3 Å². The van der Waals surface area contributed by atoms with Crippen LogP contribution < -0.4 is 10.6 Å². The minimum Gasteiger partial charge on any atom is -0.480 e. The van der Waals surface area contributed by atoms with E-state index < -0.39 is 30.1 Å². The third-order valence-electron chi connectivity index (χ3n) is 6.20. The molecule has 2 aromatic rings. The van der Waals surface area contributed by atoms with Crippen molar-refractivity contribution in [1.82, 2.24) is 10.6 Å². The monoisotopic (exact) mass is 466 g/mol. The van der Waals surface area contributed by atoms with Gasteiger partial charge in [0.05, 0.1) is 0 Å². The van der Waals surface area contributed by atoms with Crippen LogP contribution in [-0.2, 0) is 14.3 Å². The lowest BCUT2D eigenvalue weighted by Gasteiger charge is -2.24. The number of nitrogens with one attached hydrogen (secondary N) is 2. The number of carbonyl (C=O) groups is 3. The average Bonchev–Trinajstić information content (AvgIpc) is 3.10. The van der Waals surface area contributed by atoms with Gasteiger partial charge in [-0.05, 0) is 40.5 Å². The van der Waals surface area contributed by atoms with Crippen molar-refractivity contribution in [3.05, 3.63) is 59.7 Å². The van der Waals surface area contributed by atoms with Crippen molar-refractivity contribution in [2.45, 2.75) is 58.5 Å². The second-order valence-corrected chi connectivity index (χ2v) is 9.61. The second-order valence-electron chi connectivity index (χ2n) is 9.61. The van der Waals surface area contributed by atoms with Gasteiger partial charge in [-0.1, -0.05) is 76.2 Å². The number of aliphatic carboxylic acids is 1.